The van der Waals surface area contributed by atoms with Crippen LogP contribution in [-0.2, 0) is 9.59 Å². The van der Waals surface area contributed by atoms with Crippen molar-refractivity contribution in [3.8, 4) is 5.75 Å². The molecule has 0 bridgehead atoms. The first-order valence-electron chi connectivity index (χ1n) is 12.6. The molecule has 1 heterocycles. The van der Waals surface area contributed by atoms with Gasteiger partial charge in [-0.2, -0.15) is 0 Å². The molecule has 3 rings (SSSR count). The van der Waals surface area contributed by atoms with E-state index in [1.54, 1.807) is 18.9 Å². The molecule has 2 aromatic carbocycles. The zero-order chi connectivity index (χ0) is 24.2. The minimum Gasteiger partial charge on any atom is -0.497 e. The number of anilines is 2. The maximum absolute atomic E-state index is 12.6. The molecule has 0 aromatic heterocycles. The molecule has 0 spiro atoms. The van der Waals surface area contributed by atoms with Gasteiger partial charge in [0.1, 0.15) is 11.1 Å². The SMILES string of the molecule is CCCCCCCCCCCC(=O)Nc1cccc([C@@H]2SCC(=O)N2c2ccc(OC)cc2)c1. The molecular weight excluding hydrogens is 444 g/mol. The Hall–Kier alpha value is -2.47. The maximum Gasteiger partial charge on any atom is 0.238 e. The highest BCUT2D eigenvalue weighted by molar-refractivity contribution is 8.00. The van der Waals surface area contributed by atoms with Crippen LogP contribution in [0.2, 0.25) is 0 Å². The van der Waals surface area contributed by atoms with Crippen molar-refractivity contribution in [1.82, 2.24) is 0 Å². The zero-order valence-corrected chi connectivity index (χ0v) is 21.4. The van der Waals surface area contributed by atoms with E-state index in [-0.39, 0.29) is 17.2 Å². The number of thioether (sulfide) groups is 1. The number of hydrogen-bond donors (Lipinski definition) is 1. The summed E-state index contributed by atoms with van der Waals surface area (Å²) in [4.78, 5) is 26.9. The van der Waals surface area contributed by atoms with E-state index >= 15 is 0 Å². The van der Waals surface area contributed by atoms with Crippen LogP contribution in [0, 0.1) is 0 Å². The van der Waals surface area contributed by atoms with E-state index in [1.165, 1.54) is 44.9 Å². The lowest BCUT2D eigenvalue weighted by Crippen LogP contribution is -2.27. The van der Waals surface area contributed by atoms with Crippen LogP contribution >= 0.6 is 11.8 Å². The number of ether oxygens (including phenoxy) is 1. The number of nitrogens with one attached hydrogen (secondary N) is 1. The van der Waals surface area contributed by atoms with Crippen LogP contribution in [0.4, 0.5) is 11.4 Å². The van der Waals surface area contributed by atoms with Gasteiger partial charge in [-0.25, -0.2) is 0 Å². The fourth-order valence-corrected chi connectivity index (χ4v) is 5.45. The van der Waals surface area contributed by atoms with Crippen LogP contribution in [0.3, 0.4) is 0 Å². The van der Waals surface area contributed by atoms with Crippen molar-refractivity contribution in [2.45, 2.75) is 76.5 Å². The van der Waals surface area contributed by atoms with Crippen LogP contribution < -0.4 is 15.0 Å². The Morgan fingerprint density at radius 2 is 1.68 bits per heavy atom. The first kappa shape index (κ1) is 26.1. The van der Waals surface area contributed by atoms with Gasteiger partial charge in [-0.1, -0.05) is 70.4 Å². The molecule has 2 amide bonds. The smallest absolute Gasteiger partial charge is 0.238 e. The normalized spacial score (nSPS) is 15.5. The minimum absolute atomic E-state index is 0.0576. The molecule has 1 aliphatic rings. The van der Waals surface area contributed by atoms with Gasteiger partial charge in [-0.3, -0.25) is 14.5 Å². The Balaban J connectivity index is 1.49. The highest BCUT2D eigenvalue weighted by Gasteiger charge is 2.34. The fourth-order valence-electron chi connectivity index (χ4n) is 4.28. The Morgan fingerprint density at radius 1 is 1.00 bits per heavy atom. The molecule has 1 atom stereocenters. The van der Waals surface area contributed by atoms with Crippen LogP contribution in [0.5, 0.6) is 5.75 Å². The molecule has 34 heavy (non-hydrogen) atoms. The van der Waals surface area contributed by atoms with Crippen LogP contribution in [0.25, 0.3) is 0 Å². The van der Waals surface area contributed by atoms with Crippen molar-refractivity contribution in [1.29, 1.82) is 0 Å². The topological polar surface area (TPSA) is 58.6 Å². The van der Waals surface area contributed by atoms with Gasteiger partial charge in [0.05, 0.1) is 12.9 Å². The molecular formula is C28H38N2O3S. The summed E-state index contributed by atoms with van der Waals surface area (Å²) < 4.78 is 5.24. The standard InChI is InChI=1S/C28H38N2O3S/c1-3-4-5-6-7-8-9-10-11-15-26(31)29-23-14-12-13-22(20-23)28-30(27(32)21-34-28)24-16-18-25(33-2)19-17-24/h12-14,16-20,28H,3-11,15,21H2,1-2H3,(H,29,31)/t28-/m0/s1. The maximum atomic E-state index is 12.6. The molecule has 0 unspecified atom stereocenters. The van der Waals surface area contributed by atoms with Crippen molar-refractivity contribution in [2.24, 2.45) is 0 Å². The number of hydrogen-bond acceptors (Lipinski definition) is 4. The molecule has 0 saturated carbocycles. The van der Waals surface area contributed by atoms with Gasteiger partial charge in [-0.15, -0.1) is 11.8 Å². The van der Waals surface area contributed by atoms with E-state index in [4.69, 9.17) is 4.74 Å². The van der Waals surface area contributed by atoms with Crippen molar-refractivity contribution in [3.05, 3.63) is 54.1 Å². The van der Waals surface area contributed by atoms with Gasteiger partial charge >= 0.3 is 0 Å². The van der Waals surface area contributed by atoms with Gasteiger partial charge in [0.25, 0.3) is 0 Å². The van der Waals surface area contributed by atoms with Gasteiger partial charge in [0.2, 0.25) is 11.8 Å². The summed E-state index contributed by atoms with van der Waals surface area (Å²) in [6.07, 6.45) is 11.7. The summed E-state index contributed by atoms with van der Waals surface area (Å²) >= 11 is 1.60. The largest absolute Gasteiger partial charge is 0.497 e. The molecule has 1 aliphatic heterocycles. The van der Waals surface area contributed by atoms with Gasteiger partial charge in [-0.05, 0) is 48.4 Å². The van der Waals surface area contributed by atoms with E-state index in [0.29, 0.717) is 12.2 Å². The number of benzene rings is 2. The van der Waals surface area contributed by atoms with Crippen molar-refractivity contribution in [2.75, 3.05) is 23.1 Å². The molecule has 0 radical (unpaired) electrons. The highest BCUT2D eigenvalue weighted by atomic mass is 32.2. The third kappa shape index (κ3) is 7.79. The Morgan fingerprint density at radius 3 is 2.35 bits per heavy atom. The second-order valence-corrected chi connectivity index (χ2v) is 9.95. The van der Waals surface area contributed by atoms with Crippen molar-refractivity contribution < 1.29 is 14.3 Å². The molecule has 1 fully saturated rings. The summed E-state index contributed by atoms with van der Waals surface area (Å²) in [7, 11) is 1.63. The molecule has 6 heteroatoms. The number of rotatable bonds is 14. The van der Waals surface area contributed by atoms with E-state index in [1.807, 2.05) is 53.4 Å². The molecule has 5 nitrogen and oxygen atoms in total. The summed E-state index contributed by atoms with van der Waals surface area (Å²) in [5.74, 6) is 1.34. The number of amides is 2. The number of nitrogens with zero attached hydrogens (tertiary/aromatic N) is 1. The van der Waals surface area contributed by atoms with Crippen LogP contribution in [0.15, 0.2) is 48.5 Å². The summed E-state index contributed by atoms with van der Waals surface area (Å²) in [6.45, 7) is 2.24. The summed E-state index contributed by atoms with van der Waals surface area (Å²) in [5, 5.41) is 2.93. The Labute approximate surface area is 208 Å². The quantitative estimate of drug-likeness (QED) is 0.286. The second-order valence-electron chi connectivity index (χ2n) is 8.88. The molecule has 1 saturated heterocycles. The third-order valence-corrected chi connectivity index (χ3v) is 7.39. The fraction of sp³-hybridized carbons (Fsp3) is 0.500. The molecule has 2 aromatic rings. The van der Waals surface area contributed by atoms with E-state index in [2.05, 4.69) is 12.2 Å². The Bertz CT molecular complexity index is 916. The predicted octanol–water partition coefficient (Wildman–Crippen LogP) is 7.33. The summed E-state index contributed by atoms with van der Waals surface area (Å²) in [5.41, 5.74) is 2.64. The number of carbonyl (C=O) groups is 2. The molecule has 0 aliphatic carbocycles. The van der Waals surface area contributed by atoms with Gasteiger partial charge < -0.3 is 10.1 Å². The second kappa shape index (κ2) is 14.1. The Kier molecular flexibility index (Phi) is 10.8. The summed E-state index contributed by atoms with van der Waals surface area (Å²) in [6, 6.07) is 15.4. The van der Waals surface area contributed by atoms with Gasteiger partial charge in [0, 0.05) is 17.8 Å². The lowest BCUT2D eigenvalue weighted by atomic mass is 10.1. The van der Waals surface area contributed by atoms with Crippen molar-refractivity contribution >= 4 is 35.0 Å². The minimum atomic E-state index is -0.116. The predicted molar refractivity (Wildman–Crippen MR) is 143 cm³/mol. The first-order valence-corrected chi connectivity index (χ1v) is 13.6. The zero-order valence-electron chi connectivity index (χ0n) is 20.6. The highest BCUT2D eigenvalue weighted by Crippen LogP contribution is 2.42. The van der Waals surface area contributed by atoms with E-state index in [0.717, 1.165) is 35.5 Å². The number of methoxy groups -OCH3 is 1. The monoisotopic (exact) mass is 482 g/mol. The van der Waals surface area contributed by atoms with Crippen LogP contribution in [-0.4, -0.2) is 24.7 Å². The van der Waals surface area contributed by atoms with E-state index in [9.17, 15) is 9.59 Å². The first-order chi connectivity index (χ1) is 16.6. The van der Waals surface area contributed by atoms with Gasteiger partial charge in [0.15, 0.2) is 0 Å². The average molecular weight is 483 g/mol. The lowest BCUT2D eigenvalue weighted by molar-refractivity contribution is -0.117. The molecule has 184 valence electrons. The van der Waals surface area contributed by atoms with Crippen LogP contribution in [0.1, 0.15) is 82.1 Å². The molecule has 1 N–H and O–H groups in total. The number of carbonyl (C=O) groups excluding carboxylic acids is 2. The lowest BCUT2D eigenvalue weighted by Gasteiger charge is -2.25. The average Bonchev–Trinajstić information content (AvgIpc) is 3.24. The van der Waals surface area contributed by atoms with Crippen molar-refractivity contribution in [3.63, 3.8) is 0 Å². The number of unbranched alkanes of at least 4 members (excludes halogenated alkanes) is 8. The van der Waals surface area contributed by atoms with E-state index < -0.39 is 0 Å². The third-order valence-electron chi connectivity index (χ3n) is 6.18.